The van der Waals surface area contributed by atoms with Gasteiger partial charge in [-0.15, -0.1) is 0 Å². The number of carbonyl (C=O) groups excluding carboxylic acids is 1. The van der Waals surface area contributed by atoms with Gasteiger partial charge in [-0.3, -0.25) is 4.79 Å². The van der Waals surface area contributed by atoms with Gasteiger partial charge in [-0.05, 0) is 30.7 Å². The van der Waals surface area contributed by atoms with Gasteiger partial charge in [0.15, 0.2) is 0 Å². The van der Waals surface area contributed by atoms with Gasteiger partial charge >= 0.3 is 0 Å². The van der Waals surface area contributed by atoms with Crippen LogP contribution in [0.25, 0.3) is 0 Å². The largest absolute Gasteiger partial charge is 0.369 e. The minimum Gasteiger partial charge on any atom is -0.369 e. The monoisotopic (exact) mass is 309 g/mol. The maximum Gasteiger partial charge on any atom is 0.252 e. The van der Waals surface area contributed by atoms with Gasteiger partial charge in [0, 0.05) is 19.3 Å². The van der Waals surface area contributed by atoms with Gasteiger partial charge < -0.3 is 10.6 Å². The van der Waals surface area contributed by atoms with Crippen molar-refractivity contribution in [1.82, 2.24) is 10.3 Å². The second-order valence-electron chi connectivity index (χ2n) is 5.86. The van der Waals surface area contributed by atoms with Gasteiger partial charge in [0.2, 0.25) is 0 Å². The fourth-order valence-electron chi connectivity index (χ4n) is 2.79. The second-order valence-corrected chi connectivity index (χ2v) is 6.27. The first kappa shape index (κ1) is 16.1. The molecule has 2 rings (SSSR count). The summed E-state index contributed by atoms with van der Waals surface area (Å²) < 4.78 is 0. The van der Waals surface area contributed by atoms with Crippen LogP contribution in [-0.2, 0) is 0 Å². The quantitative estimate of drug-likeness (QED) is 0.842. The van der Waals surface area contributed by atoms with E-state index in [2.05, 4.69) is 29.5 Å². The zero-order valence-electron chi connectivity index (χ0n) is 12.8. The van der Waals surface area contributed by atoms with Crippen molar-refractivity contribution in [2.45, 2.75) is 39.5 Å². The third kappa shape index (κ3) is 4.34. The lowest BCUT2D eigenvalue weighted by Gasteiger charge is -2.16. The van der Waals surface area contributed by atoms with Crippen LogP contribution in [0.2, 0.25) is 5.02 Å². The lowest BCUT2D eigenvalue weighted by atomic mass is 9.98. The molecule has 2 atom stereocenters. The van der Waals surface area contributed by atoms with E-state index < -0.39 is 0 Å². The molecule has 0 aromatic carbocycles. The number of hydrogen-bond donors (Lipinski definition) is 2. The minimum atomic E-state index is -0.0921. The molecule has 1 amide bonds. The number of hydrogen-bond acceptors (Lipinski definition) is 3. The highest BCUT2D eigenvalue weighted by Gasteiger charge is 2.23. The van der Waals surface area contributed by atoms with E-state index in [0.29, 0.717) is 28.2 Å². The lowest BCUT2D eigenvalue weighted by Crippen LogP contribution is -2.30. The highest BCUT2D eigenvalue weighted by Crippen LogP contribution is 2.30. The van der Waals surface area contributed by atoms with Crippen LogP contribution in [0.5, 0.6) is 0 Å². The average Bonchev–Trinajstić information content (AvgIpc) is 2.88. The summed E-state index contributed by atoms with van der Waals surface area (Å²) in [4.78, 5) is 16.4. The maximum atomic E-state index is 12.2. The summed E-state index contributed by atoms with van der Waals surface area (Å²) in [5, 5.41) is 6.63. The second kappa shape index (κ2) is 7.64. The normalized spacial score (nSPS) is 21.3. The van der Waals surface area contributed by atoms with Gasteiger partial charge in [0.05, 0.1) is 10.6 Å². The SMILES string of the molecule is CCCNc1ncc(C(=O)NCC2CCCC2C)cc1Cl. The summed E-state index contributed by atoms with van der Waals surface area (Å²) in [6.45, 7) is 5.90. The van der Waals surface area contributed by atoms with Crippen molar-refractivity contribution < 1.29 is 4.79 Å². The van der Waals surface area contributed by atoms with Crippen LogP contribution in [0.4, 0.5) is 5.82 Å². The number of nitrogens with zero attached hydrogens (tertiary/aromatic N) is 1. The number of carbonyl (C=O) groups is 1. The molecule has 0 radical (unpaired) electrons. The van der Waals surface area contributed by atoms with E-state index >= 15 is 0 Å². The fourth-order valence-corrected chi connectivity index (χ4v) is 3.02. The molecule has 1 heterocycles. The van der Waals surface area contributed by atoms with Crippen LogP contribution in [0.15, 0.2) is 12.3 Å². The van der Waals surface area contributed by atoms with E-state index in [1.807, 2.05) is 0 Å². The Bertz CT molecular complexity index is 492. The highest BCUT2D eigenvalue weighted by atomic mass is 35.5. The van der Waals surface area contributed by atoms with Crippen molar-refractivity contribution in [3.63, 3.8) is 0 Å². The Hall–Kier alpha value is -1.29. The van der Waals surface area contributed by atoms with Crippen molar-refractivity contribution in [3.8, 4) is 0 Å². The van der Waals surface area contributed by atoms with Crippen molar-refractivity contribution in [1.29, 1.82) is 0 Å². The molecule has 1 saturated carbocycles. The smallest absolute Gasteiger partial charge is 0.252 e. The minimum absolute atomic E-state index is 0.0921. The van der Waals surface area contributed by atoms with Crippen LogP contribution < -0.4 is 10.6 Å². The zero-order valence-corrected chi connectivity index (χ0v) is 13.5. The summed E-state index contributed by atoms with van der Waals surface area (Å²) in [6.07, 6.45) is 6.33. The molecule has 1 aromatic heterocycles. The van der Waals surface area contributed by atoms with E-state index in [1.165, 1.54) is 19.3 Å². The summed E-state index contributed by atoms with van der Waals surface area (Å²) >= 11 is 6.15. The van der Waals surface area contributed by atoms with E-state index in [4.69, 9.17) is 11.6 Å². The van der Waals surface area contributed by atoms with Crippen LogP contribution in [-0.4, -0.2) is 24.0 Å². The number of nitrogens with one attached hydrogen (secondary N) is 2. The lowest BCUT2D eigenvalue weighted by molar-refractivity contribution is 0.0944. The molecular weight excluding hydrogens is 286 g/mol. The number of anilines is 1. The fraction of sp³-hybridized carbons (Fsp3) is 0.625. The Morgan fingerprint density at radius 2 is 2.29 bits per heavy atom. The standard InChI is InChI=1S/C16H24ClN3O/c1-3-7-18-15-14(17)8-13(10-19-15)16(21)20-9-12-6-4-5-11(12)2/h8,10-12H,3-7,9H2,1-2H3,(H,18,19)(H,20,21). The molecule has 1 aliphatic carbocycles. The van der Waals surface area contributed by atoms with E-state index in [1.54, 1.807) is 12.3 Å². The number of rotatable bonds is 6. The number of aromatic nitrogens is 1. The van der Waals surface area contributed by atoms with Crippen molar-refractivity contribution in [3.05, 3.63) is 22.8 Å². The van der Waals surface area contributed by atoms with Crippen LogP contribution in [0.3, 0.4) is 0 Å². The predicted molar refractivity (Wildman–Crippen MR) is 86.9 cm³/mol. The topological polar surface area (TPSA) is 54.0 Å². The Labute approximate surface area is 131 Å². The molecule has 1 fully saturated rings. The Balaban J connectivity index is 1.91. The van der Waals surface area contributed by atoms with Crippen LogP contribution >= 0.6 is 11.6 Å². The van der Waals surface area contributed by atoms with Gasteiger partial charge in [0.25, 0.3) is 5.91 Å². The first-order valence-corrected chi connectivity index (χ1v) is 8.17. The predicted octanol–water partition coefficient (Wildman–Crippen LogP) is 3.72. The molecule has 1 aliphatic rings. The Kier molecular flexibility index (Phi) is 5.85. The number of halogens is 1. The maximum absolute atomic E-state index is 12.2. The molecule has 21 heavy (non-hydrogen) atoms. The average molecular weight is 310 g/mol. The molecule has 2 unspecified atom stereocenters. The first-order chi connectivity index (χ1) is 10.1. The van der Waals surface area contributed by atoms with Crippen LogP contribution in [0.1, 0.15) is 49.9 Å². The van der Waals surface area contributed by atoms with Crippen molar-refractivity contribution in [2.24, 2.45) is 11.8 Å². The summed E-state index contributed by atoms with van der Waals surface area (Å²) in [7, 11) is 0. The molecule has 0 saturated heterocycles. The zero-order chi connectivity index (χ0) is 15.2. The molecule has 116 valence electrons. The summed E-state index contributed by atoms with van der Waals surface area (Å²) in [5.41, 5.74) is 0.521. The first-order valence-electron chi connectivity index (χ1n) is 7.79. The van der Waals surface area contributed by atoms with Crippen molar-refractivity contribution >= 4 is 23.3 Å². The highest BCUT2D eigenvalue weighted by molar-refractivity contribution is 6.33. The summed E-state index contributed by atoms with van der Waals surface area (Å²) in [5.74, 6) is 1.85. The van der Waals surface area contributed by atoms with Crippen molar-refractivity contribution in [2.75, 3.05) is 18.4 Å². The molecule has 0 spiro atoms. The molecule has 1 aromatic rings. The van der Waals surface area contributed by atoms with Gasteiger partial charge in [0.1, 0.15) is 5.82 Å². The molecule has 0 bridgehead atoms. The van der Waals surface area contributed by atoms with Gasteiger partial charge in [-0.2, -0.15) is 0 Å². The van der Waals surface area contributed by atoms with E-state index in [0.717, 1.165) is 19.5 Å². The van der Waals surface area contributed by atoms with Gasteiger partial charge in [-0.1, -0.05) is 38.3 Å². The number of amides is 1. The Morgan fingerprint density at radius 1 is 1.48 bits per heavy atom. The molecule has 0 aliphatic heterocycles. The molecule has 4 nitrogen and oxygen atoms in total. The molecule has 2 N–H and O–H groups in total. The molecule has 5 heteroatoms. The van der Waals surface area contributed by atoms with E-state index in [-0.39, 0.29) is 5.91 Å². The Morgan fingerprint density at radius 3 is 2.90 bits per heavy atom. The van der Waals surface area contributed by atoms with Gasteiger partial charge in [-0.25, -0.2) is 4.98 Å². The number of pyridine rings is 1. The van der Waals surface area contributed by atoms with Crippen LogP contribution in [0, 0.1) is 11.8 Å². The molecular formula is C16H24ClN3O. The van der Waals surface area contributed by atoms with E-state index in [9.17, 15) is 4.79 Å². The summed E-state index contributed by atoms with van der Waals surface area (Å²) in [6, 6.07) is 1.68. The third-order valence-corrected chi connectivity index (χ3v) is 4.50. The third-order valence-electron chi connectivity index (χ3n) is 4.21.